The van der Waals surface area contributed by atoms with Crippen LogP contribution in [-0.2, 0) is 15.8 Å². The average Bonchev–Trinajstić information content (AvgIpc) is 2.96. The highest BCUT2D eigenvalue weighted by atomic mass is 32.2. The van der Waals surface area contributed by atoms with Crippen LogP contribution in [0, 0.1) is 6.92 Å². The average molecular weight is 565 g/mol. The molecule has 0 spiro atoms. The van der Waals surface area contributed by atoms with Gasteiger partial charge in [-0.05, 0) is 50.6 Å². The highest BCUT2D eigenvalue weighted by Gasteiger charge is 2.18. The van der Waals surface area contributed by atoms with E-state index in [2.05, 4.69) is 35.0 Å². The van der Waals surface area contributed by atoms with Crippen LogP contribution in [0.1, 0.15) is 58.2 Å². The normalized spacial score (nSPS) is 11.8. The molecule has 0 aliphatic carbocycles. The molecule has 0 saturated carbocycles. The lowest BCUT2D eigenvalue weighted by Gasteiger charge is -2.19. The molecular weight excluding hydrogens is 524 g/mol. The van der Waals surface area contributed by atoms with E-state index in [9.17, 15) is 18.6 Å². The van der Waals surface area contributed by atoms with Gasteiger partial charge in [0.2, 0.25) is 0 Å². The number of rotatable bonds is 12. The molecule has 8 nitrogen and oxygen atoms in total. The number of carbonyl (C=O) groups is 3. The van der Waals surface area contributed by atoms with Crippen LogP contribution in [0.25, 0.3) is 0 Å². The molecule has 1 unspecified atom stereocenters. The van der Waals surface area contributed by atoms with E-state index in [-0.39, 0.29) is 41.9 Å². The predicted molar refractivity (Wildman–Crippen MR) is 163 cm³/mol. The summed E-state index contributed by atoms with van der Waals surface area (Å²) in [5, 5.41) is 8.52. The van der Waals surface area contributed by atoms with Crippen molar-refractivity contribution in [3.05, 3.63) is 101 Å². The summed E-state index contributed by atoms with van der Waals surface area (Å²) in [7, 11) is 0.262. The van der Waals surface area contributed by atoms with Crippen LogP contribution in [0.4, 0.5) is 5.69 Å². The van der Waals surface area contributed by atoms with Crippen LogP contribution in [0.3, 0.4) is 0 Å². The molecule has 3 N–H and O–H groups in total. The Bertz CT molecular complexity index is 1270. The largest absolute Gasteiger partial charge is 0.346 e. The first-order valence-electron chi connectivity index (χ1n) is 13.2. The fraction of sp³-hybridized carbons (Fsp3) is 0.323. The number of hydrogen-bond donors (Lipinski definition) is 3. The van der Waals surface area contributed by atoms with Gasteiger partial charge in [-0.25, -0.2) is 4.21 Å². The summed E-state index contributed by atoms with van der Waals surface area (Å²) in [6.07, 6.45) is 2.42. The van der Waals surface area contributed by atoms with E-state index in [1.807, 2.05) is 62.4 Å². The quantitative estimate of drug-likeness (QED) is 0.286. The van der Waals surface area contributed by atoms with Crippen molar-refractivity contribution >= 4 is 34.3 Å². The Morgan fingerprint density at radius 3 is 1.98 bits per heavy atom. The molecule has 214 valence electrons. The first-order valence-corrected chi connectivity index (χ1v) is 14.7. The number of amides is 2. The van der Waals surface area contributed by atoms with Gasteiger partial charge in [0.15, 0.2) is 5.78 Å². The standard InChI is InChI=1S/C24H32N4O4S.C7H8/c1-5-11-25-15-22(29)16-26-23(30)19-12-20(14-21(13-19)28(3)33(4)32)24(31)27-17(2)18-9-7-6-8-10-18;1-7-5-3-2-4-6-7/h6-10,12-14,17,25H,5,11,15-16H2,1-4H3,(H,26,30)(H,27,31);2-6H,1H3/t17-,33?;/m1./s1. The smallest absolute Gasteiger partial charge is 0.251 e. The molecular formula is C31H40N4O4S. The van der Waals surface area contributed by atoms with Crippen molar-refractivity contribution in [2.75, 3.05) is 37.2 Å². The molecule has 40 heavy (non-hydrogen) atoms. The fourth-order valence-electron chi connectivity index (χ4n) is 3.59. The zero-order valence-corrected chi connectivity index (χ0v) is 24.7. The third-order valence-electron chi connectivity index (χ3n) is 5.97. The lowest BCUT2D eigenvalue weighted by atomic mass is 10.1. The predicted octanol–water partition coefficient (Wildman–Crippen LogP) is 4.20. The van der Waals surface area contributed by atoms with Gasteiger partial charge in [0.05, 0.1) is 24.8 Å². The molecule has 9 heteroatoms. The zero-order valence-electron chi connectivity index (χ0n) is 23.9. The van der Waals surface area contributed by atoms with Gasteiger partial charge in [0.1, 0.15) is 11.0 Å². The van der Waals surface area contributed by atoms with Gasteiger partial charge < -0.3 is 16.0 Å². The third kappa shape index (κ3) is 11.1. The fourth-order valence-corrected chi connectivity index (χ4v) is 3.99. The van der Waals surface area contributed by atoms with Crippen LogP contribution in [0.2, 0.25) is 0 Å². The number of carbonyl (C=O) groups excluding carboxylic acids is 3. The Morgan fingerprint density at radius 1 is 0.875 bits per heavy atom. The molecule has 0 aliphatic heterocycles. The minimum Gasteiger partial charge on any atom is -0.346 e. The lowest BCUT2D eigenvalue weighted by Crippen LogP contribution is -2.35. The van der Waals surface area contributed by atoms with Crippen molar-refractivity contribution in [1.82, 2.24) is 16.0 Å². The maximum atomic E-state index is 13.0. The number of benzene rings is 3. The molecule has 3 aromatic carbocycles. The van der Waals surface area contributed by atoms with Crippen LogP contribution < -0.4 is 20.3 Å². The van der Waals surface area contributed by atoms with Crippen LogP contribution in [-0.4, -0.2) is 54.7 Å². The second-order valence-corrected chi connectivity index (χ2v) is 10.7. The number of hydrogen-bond acceptors (Lipinski definition) is 5. The Morgan fingerprint density at radius 2 is 1.45 bits per heavy atom. The first-order chi connectivity index (χ1) is 19.1. The Hall–Kier alpha value is -3.82. The van der Waals surface area contributed by atoms with E-state index >= 15 is 0 Å². The molecule has 2 amide bonds. The van der Waals surface area contributed by atoms with E-state index < -0.39 is 16.9 Å². The third-order valence-corrected chi connectivity index (χ3v) is 6.96. The van der Waals surface area contributed by atoms with Crippen LogP contribution in [0.15, 0.2) is 78.9 Å². The molecule has 0 saturated heterocycles. The van der Waals surface area contributed by atoms with Crippen molar-refractivity contribution < 1.29 is 18.6 Å². The summed E-state index contributed by atoms with van der Waals surface area (Å²) in [4.78, 5) is 37.7. The number of nitrogens with one attached hydrogen (secondary N) is 3. The summed E-state index contributed by atoms with van der Waals surface area (Å²) < 4.78 is 13.5. The minimum absolute atomic E-state index is 0.123. The highest BCUT2D eigenvalue weighted by Crippen LogP contribution is 2.21. The molecule has 2 atom stereocenters. The molecule has 0 radical (unpaired) electrons. The maximum absolute atomic E-state index is 13.0. The SMILES string of the molecule is CCCNCC(=O)CNC(=O)c1cc(C(=O)N[C@H](C)c2ccccc2)cc(N(C)S(C)=O)c1.Cc1ccccc1. The van der Waals surface area contributed by atoms with E-state index in [0.29, 0.717) is 5.69 Å². The number of Topliss-reactive ketones (excluding diaryl/α,β-unsaturated/α-hetero) is 1. The minimum atomic E-state index is -1.35. The Kier molecular flexibility index (Phi) is 13.8. The monoisotopic (exact) mass is 564 g/mol. The molecule has 0 aromatic heterocycles. The van der Waals surface area contributed by atoms with E-state index in [1.54, 1.807) is 19.2 Å². The zero-order chi connectivity index (χ0) is 29.5. The molecule has 3 rings (SSSR count). The Labute approximate surface area is 240 Å². The van der Waals surface area contributed by atoms with E-state index in [1.165, 1.54) is 22.2 Å². The number of anilines is 1. The Balaban J connectivity index is 0.000000693. The van der Waals surface area contributed by atoms with Crippen LogP contribution in [0.5, 0.6) is 0 Å². The van der Waals surface area contributed by atoms with Gasteiger partial charge in [-0.1, -0.05) is 73.2 Å². The first kappa shape index (κ1) is 32.4. The lowest BCUT2D eigenvalue weighted by molar-refractivity contribution is -0.117. The number of nitrogens with zero attached hydrogens (tertiary/aromatic N) is 1. The summed E-state index contributed by atoms with van der Waals surface area (Å²) >= 11 is 0. The molecule has 0 heterocycles. The van der Waals surface area contributed by atoms with Gasteiger partial charge >= 0.3 is 0 Å². The molecule has 0 aliphatic rings. The van der Waals surface area contributed by atoms with E-state index in [4.69, 9.17) is 0 Å². The van der Waals surface area contributed by atoms with Crippen molar-refractivity contribution in [2.45, 2.75) is 33.2 Å². The summed E-state index contributed by atoms with van der Waals surface area (Å²) in [5.74, 6) is -0.993. The van der Waals surface area contributed by atoms with Crippen molar-refractivity contribution in [2.24, 2.45) is 0 Å². The van der Waals surface area contributed by atoms with Crippen molar-refractivity contribution in [3.8, 4) is 0 Å². The molecule has 0 fully saturated rings. The van der Waals surface area contributed by atoms with Crippen molar-refractivity contribution in [3.63, 3.8) is 0 Å². The van der Waals surface area contributed by atoms with Gasteiger partial charge in [0, 0.05) is 24.4 Å². The second kappa shape index (κ2) is 17.0. The summed E-state index contributed by atoms with van der Waals surface area (Å²) in [5.41, 5.74) is 3.19. The molecule has 3 aromatic rings. The highest BCUT2D eigenvalue weighted by molar-refractivity contribution is 7.85. The van der Waals surface area contributed by atoms with Gasteiger partial charge in [0.25, 0.3) is 11.8 Å². The van der Waals surface area contributed by atoms with Crippen molar-refractivity contribution in [1.29, 1.82) is 0 Å². The van der Waals surface area contributed by atoms with Gasteiger partial charge in [-0.3, -0.25) is 18.7 Å². The second-order valence-electron chi connectivity index (χ2n) is 9.35. The maximum Gasteiger partial charge on any atom is 0.251 e. The van der Waals surface area contributed by atoms with E-state index in [0.717, 1.165) is 18.5 Å². The van der Waals surface area contributed by atoms with Crippen LogP contribution >= 0.6 is 0 Å². The van der Waals surface area contributed by atoms with Gasteiger partial charge in [-0.15, -0.1) is 0 Å². The molecule has 0 bridgehead atoms. The summed E-state index contributed by atoms with van der Waals surface area (Å²) in [6, 6.07) is 24.1. The summed E-state index contributed by atoms with van der Waals surface area (Å²) in [6.45, 7) is 6.73. The van der Waals surface area contributed by atoms with Gasteiger partial charge in [-0.2, -0.15) is 0 Å². The topological polar surface area (TPSA) is 108 Å². The number of aryl methyl sites for hydroxylation is 1. The number of ketones is 1.